The third-order valence-electron chi connectivity index (χ3n) is 14.8. The van der Waals surface area contributed by atoms with Crippen LogP contribution in [0.3, 0.4) is 0 Å². The number of unbranched alkanes of at least 4 members (excludes halogenated alkanes) is 38. The summed E-state index contributed by atoms with van der Waals surface area (Å²) in [6.07, 6.45) is 52.9. The molecular weight excluding hydrogens is 919 g/mol. The normalized spacial score (nSPS) is 19.0. The summed E-state index contributed by atoms with van der Waals surface area (Å²) in [6.45, 7) is 4.31. The number of rotatable bonds is 54. The molecule has 430 valence electrons. The van der Waals surface area contributed by atoms with Gasteiger partial charge in [0.1, 0.15) is 24.4 Å². The van der Waals surface area contributed by atoms with Crippen LogP contribution in [-0.4, -0.2) is 100 Å². The van der Waals surface area contributed by atoms with Gasteiger partial charge < -0.3 is 45.1 Å². The average Bonchev–Trinajstić information content (AvgIpc) is 3.39. The van der Waals surface area contributed by atoms with Crippen LogP contribution in [0.4, 0.5) is 0 Å². The highest BCUT2D eigenvalue weighted by atomic mass is 16.7. The molecule has 1 fully saturated rings. The van der Waals surface area contributed by atoms with Crippen molar-refractivity contribution in [3.8, 4) is 0 Å². The minimum absolute atomic E-state index is 0.0112. The molecule has 1 heterocycles. The van der Waals surface area contributed by atoms with Crippen molar-refractivity contribution in [2.45, 2.75) is 339 Å². The smallest absolute Gasteiger partial charge is 0.305 e. The molecule has 11 heteroatoms. The maximum atomic E-state index is 13.0. The fraction of sp³-hybridized carbons (Fsp3) is 0.903. The molecule has 1 saturated heterocycles. The SMILES string of the molecule is CCCCCCCCC/C=C\CCCCCCCCCC(=O)OCCCCCCCCCCCCCCCCCCCCC(=O)NC(COC1OC(CO)C(O)C(O)C1O)C(O)/C=C/CCCCCCCCC. The van der Waals surface area contributed by atoms with E-state index in [1.165, 1.54) is 205 Å². The van der Waals surface area contributed by atoms with Crippen molar-refractivity contribution in [3.05, 3.63) is 24.3 Å². The van der Waals surface area contributed by atoms with Gasteiger partial charge in [0.15, 0.2) is 6.29 Å². The molecule has 73 heavy (non-hydrogen) atoms. The number of carbonyl (C=O) groups is 2. The number of esters is 1. The highest BCUT2D eigenvalue weighted by molar-refractivity contribution is 5.76. The largest absolute Gasteiger partial charge is 0.466 e. The highest BCUT2D eigenvalue weighted by Gasteiger charge is 2.44. The first-order valence-corrected chi connectivity index (χ1v) is 31.1. The molecule has 7 atom stereocenters. The average molecular weight is 1040 g/mol. The second-order valence-corrected chi connectivity index (χ2v) is 21.8. The molecule has 1 aliphatic rings. The predicted molar refractivity (Wildman–Crippen MR) is 301 cm³/mol. The Morgan fingerprint density at radius 2 is 0.877 bits per heavy atom. The van der Waals surface area contributed by atoms with Crippen LogP contribution in [0.25, 0.3) is 0 Å². The lowest BCUT2D eigenvalue weighted by Gasteiger charge is -2.40. The summed E-state index contributed by atoms with van der Waals surface area (Å²) in [5.41, 5.74) is 0. The van der Waals surface area contributed by atoms with Gasteiger partial charge in [0.25, 0.3) is 0 Å². The topological polar surface area (TPSA) is 175 Å². The van der Waals surface area contributed by atoms with Gasteiger partial charge in [0.2, 0.25) is 5.91 Å². The van der Waals surface area contributed by atoms with Crippen LogP contribution in [0.5, 0.6) is 0 Å². The highest BCUT2D eigenvalue weighted by Crippen LogP contribution is 2.23. The minimum Gasteiger partial charge on any atom is -0.466 e. The Hall–Kier alpha value is -1.86. The Labute approximate surface area is 448 Å². The number of ether oxygens (including phenoxy) is 3. The van der Waals surface area contributed by atoms with E-state index in [9.17, 15) is 35.1 Å². The molecule has 0 aromatic rings. The number of nitrogens with one attached hydrogen (secondary N) is 1. The number of aliphatic hydroxyl groups excluding tert-OH is 5. The fourth-order valence-electron chi connectivity index (χ4n) is 9.84. The molecule has 0 aliphatic carbocycles. The molecule has 0 aromatic heterocycles. The summed E-state index contributed by atoms with van der Waals surface area (Å²) >= 11 is 0. The van der Waals surface area contributed by atoms with E-state index in [4.69, 9.17) is 14.2 Å². The second-order valence-electron chi connectivity index (χ2n) is 21.8. The monoisotopic (exact) mass is 1040 g/mol. The lowest BCUT2D eigenvalue weighted by molar-refractivity contribution is -0.302. The van der Waals surface area contributed by atoms with E-state index in [-0.39, 0.29) is 18.5 Å². The number of amides is 1. The fourth-order valence-corrected chi connectivity index (χ4v) is 9.84. The van der Waals surface area contributed by atoms with Crippen LogP contribution in [-0.2, 0) is 23.8 Å². The predicted octanol–water partition coefficient (Wildman–Crippen LogP) is 14.5. The summed E-state index contributed by atoms with van der Waals surface area (Å²) in [5.74, 6) is -0.198. The zero-order valence-electron chi connectivity index (χ0n) is 47.4. The number of hydrogen-bond acceptors (Lipinski definition) is 10. The van der Waals surface area contributed by atoms with Gasteiger partial charge in [-0.3, -0.25) is 9.59 Å². The van der Waals surface area contributed by atoms with Crippen molar-refractivity contribution in [2.75, 3.05) is 19.8 Å². The lowest BCUT2D eigenvalue weighted by atomic mass is 9.99. The van der Waals surface area contributed by atoms with Crippen molar-refractivity contribution >= 4 is 11.9 Å². The first-order valence-electron chi connectivity index (χ1n) is 31.1. The molecule has 7 unspecified atom stereocenters. The van der Waals surface area contributed by atoms with E-state index in [0.717, 1.165) is 64.2 Å². The van der Waals surface area contributed by atoms with E-state index >= 15 is 0 Å². The van der Waals surface area contributed by atoms with Crippen molar-refractivity contribution < 1.29 is 49.3 Å². The molecule has 1 rings (SSSR count). The van der Waals surface area contributed by atoms with Gasteiger partial charge in [-0.2, -0.15) is 0 Å². The third-order valence-corrected chi connectivity index (χ3v) is 14.8. The standard InChI is InChI=1S/C62H117NO10/c1-3-5-7-9-11-13-14-15-16-17-21-24-27-30-34-38-42-46-50-58(67)71-51-47-43-39-35-31-28-25-22-19-18-20-23-26-29-33-37-41-45-49-57(66)63-54(55(65)48-44-40-36-32-12-10-8-6-4-2)53-72-62-61(70)60(69)59(68)56(52-64)73-62/h16-17,44,48,54-56,59-62,64-65,68-70H,3-15,18-43,45-47,49-53H2,1-2H3,(H,63,66)/b17-16-,48-44+. The summed E-state index contributed by atoms with van der Waals surface area (Å²) in [7, 11) is 0. The third kappa shape index (κ3) is 41.9. The zero-order chi connectivity index (χ0) is 53.1. The first kappa shape index (κ1) is 69.2. The van der Waals surface area contributed by atoms with Crippen molar-refractivity contribution in [2.24, 2.45) is 0 Å². The van der Waals surface area contributed by atoms with E-state index in [1.807, 2.05) is 6.08 Å². The quantitative estimate of drug-likeness (QED) is 0.0195. The molecule has 0 spiro atoms. The summed E-state index contributed by atoms with van der Waals surface area (Å²) in [5, 5.41) is 54.2. The Morgan fingerprint density at radius 3 is 1.32 bits per heavy atom. The van der Waals surface area contributed by atoms with Crippen LogP contribution in [0.1, 0.15) is 296 Å². The maximum Gasteiger partial charge on any atom is 0.305 e. The summed E-state index contributed by atoms with van der Waals surface area (Å²) < 4.78 is 16.7. The van der Waals surface area contributed by atoms with Crippen LogP contribution >= 0.6 is 0 Å². The van der Waals surface area contributed by atoms with E-state index in [2.05, 4.69) is 31.3 Å². The molecule has 0 saturated carbocycles. The van der Waals surface area contributed by atoms with Gasteiger partial charge in [0, 0.05) is 12.8 Å². The van der Waals surface area contributed by atoms with Crippen LogP contribution < -0.4 is 5.32 Å². The van der Waals surface area contributed by atoms with Gasteiger partial charge in [0.05, 0.1) is 32.0 Å². The molecule has 1 amide bonds. The number of carbonyl (C=O) groups excluding carboxylic acids is 2. The Balaban J connectivity index is 1.99. The minimum atomic E-state index is -1.57. The molecule has 0 aromatic carbocycles. The van der Waals surface area contributed by atoms with Crippen molar-refractivity contribution in [1.29, 1.82) is 0 Å². The molecular formula is C62H117NO10. The van der Waals surface area contributed by atoms with Crippen LogP contribution in [0, 0.1) is 0 Å². The van der Waals surface area contributed by atoms with Gasteiger partial charge in [-0.05, 0) is 57.8 Å². The van der Waals surface area contributed by atoms with Gasteiger partial charge in [-0.15, -0.1) is 0 Å². The molecule has 0 bridgehead atoms. The van der Waals surface area contributed by atoms with E-state index < -0.39 is 49.5 Å². The van der Waals surface area contributed by atoms with Crippen molar-refractivity contribution in [3.63, 3.8) is 0 Å². The van der Waals surface area contributed by atoms with E-state index in [1.54, 1.807) is 6.08 Å². The molecule has 6 N–H and O–H groups in total. The van der Waals surface area contributed by atoms with Crippen LogP contribution in [0.15, 0.2) is 24.3 Å². The van der Waals surface area contributed by atoms with Gasteiger partial charge >= 0.3 is 5.97 Å². The molecule has 0 radical (unpaired) electrons. The van der Waals surface area contributed by atoms with Gasteiger partial charge in [-0.1, -0.05) is 250 Å². The maximum absolute atomic E-state index is 13.0. The zero-order valence-corrected chi connectivity index (χ0v) is 47.4. The summed E-state index contributed by atoms with van der Waals surface area (Å²) in [6, 6.07) is -0.811. The Kier molecular flexibility index (Phi) is 49.5. The number of allylic oxidation sites excluding steroid dienone is 3. The Bertz CT molecular complexity index is 1260. The van der Waals surface area contributed by atoms with E-state index in [0.29, 0.717) is 19.4 Å². The molecule has 1 aliphatic heterocycles. The number of aliphatic hydroxyl groups is 5. The lowest BCUT2D eigenvalue weighted by Crippen LogP contribution is -2.60. The Morgan fingerprint density at radius 1 is 0.493 bits per heavy atom. The number of hydrogen-bond donors (Lipinski definition) is 6. The second kappa shape index (κ2) is 52.2. The molecule has 11 nitrogen and oxygen atoms in total. The summed E-state index contributed by atoms with van der Waals surface area (Å²) in [4.78, 5) is 25.1. The van der Waals surface area contributed by atoms with Crippen molar-refractivity contribution in [1.82, 2.24) is 5.32 Å². The van der Waals surface area contributed by atoms with Crippen LogP contribution in [0.2, 0.25) is 0 Å². The first-order chi connectivity index (χ1) is 35.7. The van der Waals surface area contributed by atoms with Gasteiger partial charge in [-0.25, -0.2) is 0 Å².